The van der Waals surface area contributed by atoms with Gasteiger partial charge in [0.05, 0.1) is 24.7 Å². The molecule has 1 N–H and O–H groups in total. The molecule has 0 aromatic carbocycles. The average Bonchev–Trinajstić information content (AvgIpc) is 2.50. The quantitative estimate of drug-likeness (QED) is 0.810. The Morgan fingerprint density at radius 2 is 2.24 bits per heavy atom. The number of aromatic nitrogens is 2. The van der Waals surface area contributed by atoms with E-state index in [9.17, 15) is 0 Å². The maximum absolute atomic E-state index is 9.09. The van der Waals surface area contributed by atoms with Gasteiger partial charge in [0.2, 0.25) is 0 Å². The lowest BCUT2D eigenvalue weighted by atomic mass is 10.2. The van der Waals surface area contributed by atoms with Gasteiger partial charge in [0, 0.05) is 19.1 Å². The van der Waals surface area contributed by atoms with Crippen LogP contribution >= 0.6 is 0 Å². The highest BCUT2D eigenvalue weighted by Gasteiger charge is 2.21. The van der Waals surface area contributed by atoms with E-state index >= 15 is 0 Å². The lowest BCUT2D eigenvalue weighted by Crippen LogP contribution is -2.38. The molecule has 0 radical (unpaired) electrons. The van der Waals surface area contributed by atoms with Crippen LogP contribution in [-0.2, 0) is 6.61 Å². The van der Waals surface area contributed by atoms with Crippen molar-refractivity contribution in [1.82, 2.24) is 14.9 Å². The van der Waals surface area contributed by atoms with Crippen molar-refractivity contribution in [1.29, 1.82) is 0 Å². The normalized spacial score (nSPS) is 22.5. The second-order valence-corrected chi connectivity index (χ2v) is 4.68. The van der Waals surface area contributed by atoms with Crippen molar-refractivity contribution in [2.75, 3.05) is 31.6 Å². The van der Waals surface area contributed by atoms with Crippen molar-refractivity contribution in [2.24, 2.45) is 0 Å². The molecule has 94 valence electrons. The van der Waals surface area contributed by atoms with Gasteiger partial charge in [-0.15, -0.1) is 0 Å². The molecule has 5 heteroatoms. The molecule has 5 nitrogen and oxygen atoms in total. The number of aliphatic hydroxyl groups excluding tert-OH is 1. The fraction of sp³-hybridized carbons (Fsp3) is 0.667. The first-order valence-corrected chi connectivity index (χ1v) is 6.07. The molecule has 1 fully saturated rings. The summed E-state index contributed by atoms with van der Waals surface area (Å²) < 4.78 is 0. The Hall–Kier alpha value is -1.20. The summed E-state index contributed by atoms with van der Waals surface area (Å²) in [4.78, 5) is 13.2. The van der Waals surface area contributed by atoms with Crippen LogP contribution in [0.25, 0.3) is 0 Å². The second-order valence-electron chi connectivity index (χ2n) is 4.68. The average molecular weight is 236 g/mol. The fourth-order valence-corrected chi connectivity index (χ4v) is 2.32. The van der Waals surface area contributed by atoms with Gasteiger partial charge in [-0.1, -0.05) is 0 Å². The first kappa shape index (κ1) is 12.3. The van der Waals surface area contributed by atoms with Crippen molar-refractivity contribution in [2.45, 2.75) is 26.0 Å². The van der Waals surface area contributed by atoms with Gasteiger partial charge in [0.25, 0.3) is 0 Å². The van der Waals surface area contributed by atoms with Crippen LogP contribution in [0.15, 0.2) is 12.4 Å². The zero-order valence-electron chi connectivity index (χ0n) is 10.5. The number of nitrogens with zero attached hydrogens (tertiary/aromatic N) is 4. The SMILES string of the molecule is CC1CN(C)CCCN1c1cncc(CO)n1. The molecule has 1 saturated heterocycles. The van der Waals surface area contributed by atoms with E-state index in [2.05, 4.69) is 33.7 Å². The van der Waals surface area contributed by atoms with Gasteiger partial charge in [-0.05, 0) is 26.9 Å². The first-order valence-electron chi connectivity index (χ1n) is 6.07. The van der Waals surface area contributed by atoms with Crippen molar-refractivity contribution < 1.29 is 5.11 Å². The maximum atomic E-state index is 9.09. The standard InChI is InChI=1S/C12H20N4O/c1-10-8-15(2)4-3-5-16(10)12-7-13-6-11(9-17)14-12/h6-7,10,17H,3-5,8-9H2,1-2H3. The lowest BCUT2D eigenvalue weighted by Gasteiger charge is -2.28. The summed E-state index contributed by atoms with van der Waals surface area (Å²) in [5, 5.41) is 9.09. The smallest absolute Gasteiger partial charge is 0.147 e. The van der Waals surface area contributed by atoms with Gasteiger partial charge < -0.3 is 14.9 Å². The fourth-order valence-electron chi connectivity index (χ4n) is 2.32. The molecule has 1 unspecified atom stereocenters. The van der Waals surface area contributed by atoms with Gasteiger partial charge in [-0.25, -0.2) is 4.98 Å². The molecule has 0 aliphatic carbocycles. The highest BCUT2D eigenvalue weighted by atomic mass is 16.3. The summed E-state index contributed by atoms with van der Waals surface area (Å²) in [5.74, 6) is 0.874. The summed E-state index contributed by atoms with van der Waals surface area (Å²) in [5.41, 5.74) is 0.632. The van der Waals surface area contributed by atoms with Crippen molar-refractivity contribution >= 4 is 5.82 Å². The Labute approximate surface area is 102 Å². The molecular weight excluding hydrogens is 216 g/mol. The van der Waals surface area contributed by atoms with Gasteiger partial charge in [-0.3, -0.25) is 4.98 Å². The third kappa shape index (κ3) is 2.92. The van der Waals surface area contributed by atoms with E-state index in [0.717, 1.165) is 31.9 Å². The number of hydrogen-bond acceptors (Lipinski definition) is 5. The van der Waals surface area contributed by atoms with E-state index in [4.69, 9.17) is 5.11 Å². The Morgan fingerprint density at radius 3 is 3.00 bits per heavy atom. The Kier molecular flexibility index (Phi) is 3.91. The van der Waals surface area contributed by atoms with Crippen LogP contribution < -0.4 is 4.90 Å². The molecule has 2 rings (SSSR count). The predicted molar refractivity (Wildman–Crippen MR) is 66.9 cm³/mol. The summed E-state index contributed by atoms with van der Waals surface area (Å²) in [6, 6.07) is 0.422. The van der Waals surface area contributed by atoms with Gasteiger partial charge in [-0.2, -0.15) is 0 Å². The topological polar surface area (TPSA) is 52.5 Å². The van der Waals surface area contributed by atoms with E-state index in [-0.39, 0.29) is 6.61 Å². The molecule has 2 heterocycles. The van der Waals surface area contributed by atoms with Gasteiger partial charge >= 0.3 is 0 Å². The molecule has 1 aromatic heterocycles. The maximum Gasteiger partial charge on any atom is 0.147 e. The lowest BCUT2D eigenvalue weighted by molar-refractivity contribution is 0.276. The molecule has 0 bridgehead atoms. The van der Waals surface area contributed by atoms with E-state index < -0.39 is 0 Å². The summed E-state index contributed by atoms with van der Waals surface area (Å²) >= 11 is 0. The zero-order valence-corrected chi connectivity index (χ0v) is 10.5. The van der Waals surface area contributed by atoms with E-state index in [1.54, 1.807) is 12.4 Å². The highest BCUT2D eigenvalue weighted by Crippen LogP contribution is 2.17. The minimum absolute atomic E-state index is 0.0526. The summed E-state index contributed by atoms with van der Waals surface area (Å²) in [6.45, 7) is 5.30. The van der Waals surface area contributed by atoms with Gasteiger partial charge in [0.1, 0.15) is 5.82 Å². The third-order valence-electron chi connectivity index (χ3n) is 3.17. The zero-order chi connectivity index (χ0) is 12.3. The number of aliphatic hydroxyl groups is 1. The number of anilines is 1. The van der Waals surface area contributed by atoms with Crippen LogP contribution in [0.3, 0.4) is 0 Å². The van der Waals surface area contributed by atoms with Crippen LogP contribution in [0.5, 0.6) is 0 Å². The van der Waals surface area contributed by atoms with E-state index in [1.165, 1.54) is 0 Å². The molecule has 17 heavy (non-hydrogen) atoms. The van der Waals surface area contributed by atoms with E-state index in [0.29, 0.717) is 11.7 Å². The number of hydrogen-bond donors (Lipinski definition) is 1. The first-order chi connectivity index (χ1) is 8.20. The van der Waals surface area contributed by atoms with Crippen LogP contribution in [0.1, 0.15) is 19.0 Å². The molecule has 1 aliphatic heterocycles. The molecule has 1 atom stereocenters. The van der Waals surface area contributed by atoms with E-state index in [1.807, 2.05) is 0 Å². The Bertz CT molecular complexity index is 371. The molecular formula is C12H20N4O. The second kappa shape index (κ2) is 5.42. The van der Waals surface area contributed by atoms with Crippen LogP contribution in [0.4, 0.5) is 5.82 Å². The minimum Gasteiger partial charge on any atom is -0.390 e. The molecule has 0 saturated carbocycles. The largest absolute Gasteiger partial charge is 0.390 e. The van der Waals surface area contributed by atoms with Crippen molar-refractivity contribution in [3.8, 4) is 0 Å². The molecule has 1 aromatic rings. The highest BCUT2D eigenvalue weighted by molar-refractivity contribution is 5.38. The number of rotatable bonds is 2. The van der Waals surface area contributed by atoms with Crippen LogP contribution in [0, 0.1) is 0 Å². The Balaban J connectivity index is 2.19. The monoisotopic (exact) mass is 236 g/mol. The van der Waals surface area contributed by atoms with Crippen molar-refractivity contribution in [3.05, 3.63) is 18.1 Å². The van der Waals surface area contributed by atoms with Crippen LogP contribution in [-0.4, -0.2) is 52.7 Å². The third-order valence-corrected chi connectivity index (χ3v) is 3.17. The molecule has 0 amide bonds. The minimum atomic E-state index is -0.0526. The Morgan fingerprint density at radius 1 is 1.41 bits per heavy atom. The molecule has 1 aliphatic rings. The summed E-state index contributed by atoms with van der Waals surface area (Å²) in [6.07, 6.45) is 4.52. The van der Waals surface area contributed by atoms with Crippen LogP contribution in [0.2, 0.25) is 0 Å². The summed E-state index contributed by atoms with van der Waals surface area (Å²) in [7, 11) is 2.15. The van der Waals surface area contributed by atoms with Gasteiger partial charge in [0.15, 0.2) is 0 Å². The van der Waals surface area contributed by atoms with Crippen molar-refractivity contribution in [3.63, 3.8) is 0 Å². The number of likely N-dealkylation sites (N-methyl/N-ethyl adjacent to an activating group) is 1. The molecule has 0 spiro atoms. The predicted octanol–water partition coefficient (Wildman–Crippen LogP) is 0.499.